The van der Waals surface area contributed by atoms with Crippen LogP contribution in [0.1, 0.15) is 24.2 Å². The van der Waals surface area contributed by atoms with Crippen molar-refractivity contribution in [3.63, 3.8) is 0 Å². The summed E-state index contributed by atoms with van der Waals surface area (Å²) >= 11 is 5.23. The van der Waals surface area contributed by atoms with E-state index in [9.17, 15) is 4.79 Å². The number of rotatable bonds is 6. The summed E-state index contributed by atoms with van der Waals surface area (Å²) in [6.07, 6.45) is 0. The van der Waals surface area contributed by atoms with Crippen LogP contribution in [0, 0.1) is 5.92 Å². The van der Waals surface area contributed by atoms with Crippen LogP contribution in [0.4, 0.5) is 5.69 Å². The highest BCUT2D eigenvalue weighted by molar-refractivity contribution is 7.80. The Morgan fingerprint density at radius 3 is 2.27 bits per heavy atom. The number of esters is 1. The Kier molecular flexibility index (Phi) is 6.91. The molecule has 0 amide bonds. The minimum atomic E-state index is -0.491. The monoisotopic (exact) mass is 326 g/mol. The molecule has 1 aromatic rings. The van der Waals surface area contributed by atoms with E-state index in [-0.39, 0.29) is 0 Å². The second-order valence-corrected chi connectivity index (χ2v) is 5.38. The van der Waals surface area contributed by atoms with Crippen molar-refractivity contribution in [3.05, 3.63) is 17.7 Å². The lowest BCUT2D eigenvalue weighted by molar-refractivity contribution is 0.0601. The van der Waals surface area contributed by atoms with Crippen molar-refractivity contribution < 1.29 is 19.0 Å². The van der Waals surface area contributed by atoms with Crippen molar-refractivity contribution >= 4 is 29.0 Å². The number of carbonyl (C=O) groups excluding carboxylic acids is 1. The molecule has 0 aromatic heterocycles. The zero-order valence-corrected chi connectivity index (χ0v) is 14.3. The zero-order valence-electron chi connectivity index (χ0n) is 13.5. The Morgan fingerprint density at radius 2 is 1.77 bits per heavy atom. The SMILES string of the molecule is COC(=O)c1cc(OC)c(OC)cc1NC(=S)NCC(C)C. The van der Waals surface area contributed by atoms with Gasteiger partial charge < -0.3 is 24.8 Å². The quantitative estimate of drug-likeness (QED) is 0.614. The van der Waals surface area contributed by atoms with Crippen LogP contribution < -0.4 is 20.1 Å². The first-order chi connectivity index (χ1) is 10.4. The molecule has 1 aromatic carbocycles. The number of benzene rings is 1. The lowest BCUT2D eigenvalue weighted by Crippen LogP contribution is -2.32. The summed E-state index contributed by atoms with van der Waals surface area (Å²) in [4.78, 5) is 11.9. The van der Waals surface area contributed by atoms with E-state index in [1.807, 2.05) is 0 Å². The van der Waals surface area contributed by atoms with Crippen LogP contribution in [0.15, 0.2) is 12.1 Å². The predicted octanol–water partition coefficient (Wildman–Crippen LogP) is 2.43. The Bertz CT molecular complexity index is 547. The molecule has 6 nitrogen and oxygen atoms in total. The maximum absolute atomic E-state index is 11.9. The van der Waals surface area contributed by atoms with E-state index in [0.717, 1.165) is 6.54 Å². The van der Waals surface area contributed by atoms with Gasteiger partial charge in [0.15, 0.2) is 16.6 Å². The fraction of sp³-hybridized carbons (Fsp3) is 0.467. The Morgan fingerprint density at radius 1 is 1.18 bits per heavy atom. The third kappa shape index (κ3) is 4.77. The third-order valence-electron chi connectivity index (χ3n) is 2.85. The molecule has 0 aliphatic rings. The van der Waals surface area contributed by atoms with Crippen molar-refractivity contribution in [1.29, 1.82) is 0 Å². The second kappa shape index (κ2) is 8.43. The third-order valence-corrected chi connectivity index (χ3v) is 3.09. The standard InChI is InChI=1S/C15H22N2O4S/c1-9(2)8-16-15(22)17-11-7-13(20-4)12(19-3)6-10(11)14(18)21-5/h6-7,9H,8H2,1-5H3,(H2,16,17,22). The van der Waals surface area contributed by atoms with Crippen LogP contribution in [0.3, 0.4) is 0 Å². The maximum atomic E-state index is 11.9. The largest absolute Gasteiger partial charge is 0.493 e. The van der Waals surface area contributed by atoms with Gasteiger partial charge in [0.25, 0.3) is 0 Å². The highest BCUT2D eigenvalue weighted by Gasteiger charge is 2.18. The zero-order chi connectivity index (χ0) is 16.7. The van der Waals surface area contributed by atoms with Gasteiger partial charge in [-0.25, -0.2) is 4.79 Å². The molecule has 122 valence electrons. The van der Waals surface area contributed by atoms with E-state index < -0.39 is 5.97 Å². The van der Waals surface area contributed by atoms with E-state index in [1.165, 1.54) is 21.3 Å². The number of carbonyl (C=O) groups is 1. The van der Waals surface area contributed by atoms with Crippen LogP contribution in [0.25, 0.3) is 0 Å². The van der Waals surface area contributed by atoms with E-state index >= 15 is 0 Å². The van der Waals surface area contributed by atoms with E-state index in [4.69, 9.17) is 26.4 Å². The van der Waals surface area contributed by atoms with Crippen LogP contribution in [-0.2, 0) is 4.74 Å². The molecular weight excluding hydrogens is 304 g/mol. The van der Waals surface area contributed by atoms with Crippen molar-refractivity contribution in [2.75, 3.05) is 33.2 Å². The average molecular weight is 326 g/mol. The number of anilines is 1. The van der Waals surface area contributed by atoms with Crippen molar-refractivity contribution in [2.24, 2.45) is 5.92 Å². The van der Waals surface area contributed by atoms with E-state index in [1.54, 1.807) is 12.1 Å². The summed E-state index contributed by atoms with van der Waals surface area (Å²) in [6.45, 7) is 4.88. The molecule has 0 fully saturated rings. The smallest absolute Gasteiger partial charge is 0.340 e. The topological polar surface area (TPSA) is 68.8 Å². The molecule has 7 heteroatoms. The summed E-state index contributed by atoms with van der Waals surface area (Å²) < 4.78 is 15.2. The first kappa shape index (κ1) is 18.0. The molecule has 22 heavy (non-hydrogen) atoms. The average Bonchev–Trinajstić information content (AvgIpc) is 2.51. The molecule has 0 spiro atoms. The van der Waals surface area contributed by atoms with Gasteiger partial charge in [-0.05, 0) is 18.1 Å². The van der Waals surface area contributed by atoms with Crippen LogP contribution >= 0.6 is 12.2 Å². The van der Waals surface area contributed by atoms with Gasteiger partial charge in [-0.15, -0.1) is 0 Å². The minimum absolute atomic E-state index is 0.314. The number of thiocarbonyl (C=S) groups is 1. The number of ether oxygens (including phenoxy) is 3. The molecule has 0 unspecified atom stereocenters. The first-order valence-electron chi connectivity index (χ1n) is 6.82. The van der Waals surface area contributed by atoms with Crippen molar-refractivity contribution in [2.45, 2.75) is 13.8 Å². The molecule has 0 saturated heterocycles. The molecule has 0 atom stereocenters. The molecule has 0 aliphatic carbocycles. The highest BCUT2D eigenvalue weighted by atomic mass is 32.1. The van der Waals surface area contributed by atoms with Crippen LogP contribution in [0.2, 0.25) is 0 Å². The summed E-state index contributed by atoms with van der Waals surface area (Å²) in [5, 5.41) is 6.49. The molecular formula is C15H22N2O4S. The number of nitrogens with one attached hydrogen (secondary N) is 2. The summed E-state index contributed by atoms with van der Waals surface area (Å²) in [6, 6.07) is 3.20. The van der Waals surface area contributed by atoms with Gasteiger partial charge in [0, 0.05) is 18.7 Å². The number of hydrogen-bond donors (Lipinski definition) is 2. The van der Waals surface area contributed by atoms with Crippen molar-refractivity contribution in [1.82, 2.24) is 5.32 Å². The predicted molar refractivity (Wildman–Crippen MR) is 89.9 cm³/mol. The van der Waals surface area contributed by atoms with Crippen LogP contribution in [-0.4, -0.2) is 39.0 Å². The van der Waals surface area contributed by atoms with Crippen molar-refractivity contribution in [3.8, 4) is 11.5 Å². The van der Waals surface area contributed by atoms with Gasteiger partial charge in [-0.2, -0.15) is 0 Å². The Hall–Kier alpha value is -2.02. The summed E-state index contributed by atoms with van der Waals surface area (Å²) in [5.41, 5.74) is 0.805. The number of hydrogen-bond acceptors (Lipinski definition) is 5. The molecule has 0 bridgehead atoms. The van der Waals surface area contributed by atoms with E-state index in [2.05, 4.69) is 24.5 Å². The first-order valence-corrected chi connectivity index (χ1v) is 7.22. The molecule has 0 saturated carbocycles. The number of methoxy groups -OCH3 is 3. The molecule has 1 rings (SSSR count). The highest BCUT2D eigenvalue weighted by Crippen LogP contribution is 2.33. The normalized spacial score (nSPS) is 10.1. The maximum Gasteiger partial charge on any atom is 0.340 e. The van der Waals surface area contributed by atoms with Gasteiger partial charge in [0.05, 0.1) is 32.6 Å². The Balaban J connectivity index is 3.09. The Labute approximate surface area is 136 Å². The second-order valence-electron chi connectivity index (χ2n) is 4.97. The van der Waals surface area contributed by atoms with Gasteiger partial charge in [0.2, 0.25) is 0 Å². The molecule has 2 N–H and O–H groups in total. The van der Waals surface area contributed by atoms with Gasteiger partial charge in [-0.1, -0.05) is 13.8 Å². The minimum Gasteiger partial charge on any atom is -0.493 e. The van der Waals surface area contributed by atoms with E-state index in [0.29, 0.717) is 33.8 Å². The fourth-order valence-electron chi connectivity index (χ4n) is 1.72. The summed E-state index contributed by atoms with van der Waals surface area (Å²) in [7, 11) is 4.34. The molecule has 0 heterocycles. The van der Waals surface area contributed by atoms with Gasteiger partial charge in [0.1, 0.15) is 0 Å². The molecule has 0 aliphatic heterocycles. The van der Waals surface area contributed by atoms with Gasteiger partial charge >= 0.3 is 5.97 Å². The molecule has 0 radical (unpaired) electrons. The van der Waals surface area contributed by atoms with Gasteiger partial charge in [-0.3, -0.25) is 0 Å². The fourth-order valence-corrected chi connectivity index (χ4v) is 1.92. The van der Waals surface area contributed by atoms with Crippen LogP contribution in [0.5, 0.6) is 11.5 Å². The lowest BCUT2D eigenvalue weighted by Gasteiger charge is -2.17. The summed E-state index contributed by atoms with van der Waals surface area (Å²) in [5.74, 6) is 0.888. The lowest BCUT2D eigenvalue weighted by atomic mass is 10.1.